The number of aromatic nitrogens is 2. The number of hydrogen-bond acceptors (Lipinski definition) is 4. The molecule has 0 atom stereocenters. The van der Waals surface area contributed by atoms with Crippen LogP contribution in [0.3, 0.4) is 0 Å². The van der Waals surface area contributed by atoms with Crippen molar-refractivity contribution in [2.45, 2.75) is 37.3 Å². The summed E-state index contributed by atoms with van der Waals surface area (Å²) in [5.74, 6) is 1.16. The first kappa shape index (κ1) is 18.0. The number of fused-ring (bicyclic) bond motifs is 2. The zero-order valence-electron chi connectivity index (χ0n) is 15.9. The molecule has 0 saturated heterocycles. The first-order chi connectivity index (χ1) is 12.7. The lowest BCUT2D eigenvalue weighted by Gasteiger charge is -2.21. The highest BCUT2D eigenvalue weighted by molar-refractivity contribution is 7.89. The van der Waals surface area contributed by atoms with Gasteiger partial charge in [0, 0.05) is 20.5 Å². The van der Waals surface area contributed by atoms with Crippen LogP contribution in [0.2, 0.25) is 0 Å². The Morgan fingerprint density at radius 3 is 2.67 bits per heavy atom. The van der Waals surface area contributed by atoms with E-state index < -0.39 is 15.6 Å². The Kier molecular flexibility index (Phi) is 4.05. The van der Waals surface area contributed by atoms with E-state index in [9.17, 15) is 8.42 Å². The molecule has 1 aromatic heterocycles. The van der Waals surface area contributed by atoms with Crippen LogP contribution in [0.25, 0.3) is 11.0 Å². The minimum absolute atomic E-state index is 0.181. The maximum absolute atomic E-state index is 13.2. The molecule has 0 saturated carbocycles. The summed E-state index contributed by atoms with van der Waals surface area (Å²) in [6.07, 6.45) is 0.695. The molecule has 2 heterocycles. The molecule has 0 fully saturated rings. The van der Waals surface area contributed by atoms with Gasteiger partial charge in [-0.25, -0.2) is 13.4 Å². The highest BCUT2D eigenvalue weighted by Gasteiger charge is 2.36. The summed E-state index contributed by atoms with van der Waals surface area (Å²) in [4.78, 5) is 4.80. The monoisotopic (exact) mass is 385 g/mol. The smallest absolute Gasteiger partial charge is 0.246 e. The Bertz CT molecular complexity index is 1130. The van der Waals surface area contributed by atoms with Gasteiger partial charge in [0.1, 0.15) is 22.1 Å². The van der Waals surface area contributed by atoms with Crippen molar-refractivity contribution in [3.05, 3.63) is 53.9 Å². The molecule has 2 aromatic carbocycles. The molecule has 6 nitrogen and oxygen atoms in total. The molecule has 0 radical (unpaired) electrons. The molecular formula is C20H23N3O3S. The summed E-state index contributed by atoms with van der Waals surface area (Å²) in [6.45, 7) is 4.11. The van der Waals surface area contributed by atoms with Crippen LogP contribution in [0.1, 0.15) is 25.2 Å². The highest BCUT2D eigenvalue weighted by atomic mass is 32.2. The van der Waals surface area contributed by atoms with E-state index >= 15 is 0 Å². The average molecular weight is 385 g/mol. The van der Waals surface area contributed by atoms with Crippen molar-refractivity contribution in [1.82, 2.24) is 13.9 Å². The minimum atomic E-state index is -3.71. The van der Waals surface area contributed by atoms with Crippen LogP contribution in [0.5, 0.6) is 5.75 Å². The Morgan fingerprint density at radius 2 is 1.93 bits per heavy atom. The molecule has 0 bridgehead atoms. The maximum Gasteiger partial charge on any atom is 0.246 e. The zero-order chi connectivity index (χ0) is 19.4. The zero-order valence-corrected chi connectivity index (χ0v) is 16.7. The number of para-hydroxylation sites is 3. The summed E-state index contributed by atoms with van der Waals surface area (Å²) in [6, 6.07) is 13.1. The lowest BCUT2D eigenvalue weighted by Crippen LogP contribution is -2.29. The predicted molar refractivity (Wildman–Crippen MR) is 104 cm³/mol. The summed E-state index contributed by atoms with van der Waals surface area (Å²) in [5.41, 5.74) is 2.36. The molecule has 3 aromatic rings. The third-order valence-corrected chi connectivity index (χ3v) is 6.81. The number of sulfonamides is 1. The van der Waals surface area contributed by atoms with Gasteiger partial charge in [0.2, 0.25) is 10.0 Å². The van der Waals surface area contributed by atoms with E-state index in [0.717, 1.165) is 16.6 Å². The molecule has 0 spiro atoms. The third kappa shape index (κ3) is 3.00. The Hall–Kier alpha value is -2.38. The van der Waals surface area contributed by atoms with Crippen LogP contribution < -0.4 is 4.74 Å². The van der Waals surface area contributed by atoms with E-state index in [1.165, 1.54) is 4.31 Å². The SMILES string of the molecule is CN(Cc1nc2ccccc2n1C)S(=O)(=O)c1cccc2c1OC(C)(C)C2. The van der Waals surface area contributed by atoms with E-state index in [1.807, 2.05) is 55.8 Å². The van der Waals surface area contributed by atoms with Crippen molar-refractivity contribution in [1.29, 1.82) is 0 Å². The molecule has 1 aliphatic rings. The molecular weight excluding hydrogens is 362 g/mol. The van der Waals surface area contributed by atoms with Gasteiger partial charge in [-0.3, -0.25) is 0 Å². The molecule has 4 rings (SSSR count). The number of nitrogens with zero attached hydrogens (tertiary/aromatic N) is 3. The lowest BCUT2D eigenvalue weighted by atomic mass is 10.0. The average Bonchev–Trinajstić information content (AvgIpc) is 3.09. The second kappa shape index (κ2) is 6.07. The molecule has 27 heavy (non-hydrogen) atoms. The fraction of sp³-hybridized carbons (Fsp3) is 0.350. The van der Waals surface area contributed by atoms with Gasteiger partial charge in [-0.15, -0.1) is 0 Å². The van der Waals surface area contributed by atoms with E-state index in [-0.39, 0.29) is 11.4 Å². The molecule has 0 N–H and O–H groups in total. The van der Waals surface area contributed by atoms with Crippen molar-refractivity contribution in [3.8, 4) is 5.75 Å². The number of aryl methyl sites for hydroxylation is 1. The van der Waals surface area contributed by atoms with Gasteiger partial charge < -0.3 is 9.30 Å². The fourth-order valence-electron chi connectivity index (χ4n) is 3.58. The molecule has 7 heteroatoms. The van der Waals surface area contributed by atoms with Gasteiger partial charge in [0.15, 0.2) is 0 Å². The van der Waals surface area contributed by atoms with Crippen molar-refractivity contribution >= 4 is 21.1 Å². The predicted octanol–water partition coefficient (Wildman–Crippen LogP) is 3.11. The molecule has 1 aliphatic heterocycles. The van der Waals surface area contributed by atoms with E-state index in [1.54, 1.807) is 19.2 Å². The van der Waals surface area contributed by atoms with Crippen molar-refractivity contribution in [3.63, 3.8) is 0 Å². The molecule has 0 aliphatic carbocycles. The minimum Gasteiger partial charge on any atom is -0.486 e. The number of benzene rings is 2. The lowest BCUT2D eigenvalue weighted by molar-refractivity contribution is 0.135. The number of rotatable bonds is 4. The Labute approximate surface area is 159 Å². The summed E-state index contributed by atoms with van der Waals surface area (Å²) < 4.78 is 35.7. The van der Waals surface area contributed by atoms with Crippen LogP contribution in [-0.4, -0.2) is 34.9 Å². The van der Waals surface area contributed by atoms with Gasteiger partial charge in [-0.2, -0.15) is 4.31 Å². The quantitative estimate of drug-likeness (QED) is 0.692. The van der Waals surface area contributed by atoms with Gasteiger partial charge in [-0.05, 0) is 37.6 Å². The van der Waals surface area contributed by atoms with Gasteiger partial charge >= 0.3 is 0 Å². The van der Waals surface area contributed by atoms with Gasteiger partial charge in [0.25, 0.3) is 0 Å². The molecule has 0 amide bonds. The van der Waals surface area contributed by atoms with Crippen LogP contribution in [-0.2, 0) is 30.0 Å². The van der Waals surface area contributed by atoms with Crippen LogP contribution in [0.15, 0.2) is 47.4 Å². The second-order valence-electron chi connectivity index (χ2n) is 7.62. The van der Waals surface area contributed by atoms with Crippen molar-refractivity contribution < 1.29 is 13.2 Å². The van der Waals surface area contributed by atoms with Gasteiger partial charge in [-0.1, -0.05) is 24.3 Å². The topological polar surface area (TPSA) is 64.4 Å². The largest absolute Gasteiger partial charge is 0.486 e. The summed E-state index contributed by atoms with van der Waals surface area (Å²) in [7, 11) is -0.234. The molecule has 142 valence electrons. The number of hydrogen-bond donors (Lipinski definition) is 0. The van der Waals surface area contributed by atoms with Crippen LogP contribution in [0.4, 0.5) is 0 Å². The number of ether oxygens (including phenoxy) is 1. The highest BCUT2D eigenvalue weighted by Crippen LogP contribution is 2.40. The maximum atomic E-state index is 13.2. The van der Waals surface area contributed by atoms with Crippen LogP contribution >= 0.6 is 0 Å². The standard InChI is InChI=1S/C20H23N3O3S/c1-20(2)12-14-8-7-11-17(19(14)26-20)27(24,25)22(3)13-18-21-15-9-5-6-10-16(15)23(18)4/h5-11H,12-13H2,1-4H3. The van der Waals surface area contributed by atoms with Gasteiger partial charge in [0.05, 0.1) is 17.6 Å². The number of imidazole rings is 1. The first-order valence-electron chi connectivity index (χ1n) is 8.87. The normalized spacial score (nSPS) is 15.9. The van der Waals surface area contributed by atoms with Crippen molar-refractivity contribution in [2.75, 3.05) is 7.05 Å². The van der Waals surface area contributed by atoms with Crippen molar-refractivity contribution in [2.24, 2.45) is 7.05 Å². The Morgan fingerprint density at radius 1 is 1.19 bits per heavy atom. The summed E-state index contributed by atoms with van der Waals surface area (Å²) >= 11 is 0. The third-order valence-electron chi connectivity index (χ3n) is 4.99. The Balaban J connectivity index is 1.69. The summed E-state index contributed by atoms with van der Waals surface area (Å²) in [5, 5.41) is 0. The fourth-order valence-corrected chi connectivity index (χ4v) is 4.86. The second-order valence-corrected chi connectivity index (χ2v) is 9.63. The van der Waals surface area contributed by atoms with Crippen LogP contribution in [0, 0.1) is 0 Å². The first-order valence-corrected chi connectivity index (χ1v) is 10.3. The van der Waals surface area contributed by atoms with E-state index in [4.69, 9.17) is 4.74 Å². The molecule has 0 unspecified atom stereocenters. The van der Waals surface area contributed by atoms with E-state index in [0.29, 0.717) is 18.0 Å². The van der Waals surface area contributed by atoms with E-state index in [2.05, 4.69) is 4.98 Å².